The van der Waals surface area contributed by atoms with Crippen molar-refractivity contribution in [2.24, 2.45) is 17.8 Å². The molecule has 3 rings (SSSR count). The van der Waals surface area contributed by atoms with Crippen LogP contribution in [-0.4, -0.2) is 35.2 Å². The molecule has 2 fully saturated rings. The Balaban J connectivity index is 1.77. The molecule has 5 heteroatoms. The van der Waals surface area contributed by atoms with E-state index >= 15 is 0 Å². The van der Waals surface area contributed by atoms with Crippen LogP contribution in [0.15, 0.2) is 30.3 Å². The Morgan fingerprint density at radius 2 is 1.85 bits per heavy atom. The van der Waals surface area contributed by atoms with Gasteiger partial charge in [0.05, 0.1) is 12.5 Å². The van der Waals surface area contributed by atoms with Gasteiger partial charge in [-0.2, -0.15) is 0 Å². The van der Waals surface area contributed by atoms with Crippen LogP contribution < -0.4 is 0 Å². The number of ether oxygens (including phenoxy) is 2. The average molecular weight is 359 g/mol. The highest BCUT2D eigenvalue weighted by atomic mass is 16.6. The highest BCUT2D eigenvalue weighted by molar-refractivity contribution is 5.77. The molecule has 142 valence electrons. The smallest absolute Gasteiger partial charge is 0.410 e. The zero-order valence-electron chi connectivity index (χ0n) is 16.1. The minimum absolute atomic E-state index is 0.0319. The van der Waals surface area contributed by atoms with E-state index in [1.807, 2.05) is 62.9 Å². The Hall–Kier alpha value is -2.04. The zero-order valence-corrected chi connectivity index (χ0v) is 16.1. The van der Waals surface area contributed by atoms with E-state index in [4.69, 9.17) is 9.47 Å². The monoisotopic (exact) mass is 359 g/mol. The summed E-state index contributed by atoms with van der Waals surface area (Å²) in [6.45, 7) is 8.36. The molecule has 1 aromatic rings. The molecule has 0 aromatic heterocycles. The molecule has 2 aliphatic carbocycles. The molecule has 1 aromatic carbocycles. The van der Waals surface area contributed by atoms with E-state index in [0.29, 0.717) is 19.1 Å². The molecule has 0 spiro atoms. The van der Waals surface area contributed by atoms with Gasteiger partial charge in [0.1, 0.15) is 5.60 Å². The van der Waals surface area contributed by atoms with Gasteiger partial charge in [0, 0.05) is 12.6 Å². The van der Waals surface area contributed by atoms with Crippen LogP contribution in [0.25, 0.3) is 0 Å². The third-order valence-corrected chi connectivity index (χ3v) is 5.25. The number of fused-ring (bicyclic) bond motifs is 1. The maximum absolute atomic E-state index is 12.9. The first-order valence-electron chi connectivity index (χ1n) is 9.52. The lowest BCUT2D eigenvalue weighted by Gasteiger charge is -2.33. The van der Waals surface area contributed by atoms with Crippen LogP contribution in [0.3, 0.4) is 0 Å². The van der Waals surface area contributed by atoms with Crippen molar-refractivity contribution >= 4 is 12.1 Å². The van der Waals surface area contributed by atoms with Gasteiger partial charge in [0.2, 0.25) is 0 Å². The van der Waals surface area contributed by atoms with Gasteiger partial charge >= 0.3 is 12.1 Å². The molecule has 0 bridgehead atoms. The summed E-state index contributed by atoms with van der Waals surface area (Å²) in [5, 5.41) is 0. The fourth-order valence-electron chi connectivity index (χ4n) is 4.20. The molecule has 2 saturated carbocycles. The van der Waals surface area contributed by atoms with Crippen LogP contribution in [0.4, 0.5) is 4.79 Å². The molecular formula is C21H29NO4. The topological polar surface area (TPSA) is 55.8 Å². The summed E-state index contributed by atoms with van der Waals surface area (Å²) in [5.41, 5.74) is 0.517. The van der Waals surface area contributed by atoms with Gasteiger partial charge in [0.15, 0.2) is 0 Å². The van der Waals surface area contributed by atoms with Gasteiger partial charge in [-0.1, -0.05) is 30.3 Å². The van der Waals surface area contributed by atoms with Crippen molar-refractivity contribution in [3.63, 3.8) is 0 Å². The summed E-state index contributed by atoms with van der Waals surface area (Å²) in [4.78, 5) is 26.9. The Labute approximate surface area is 155 Å². The standard InChI is InChI=1S/C21H29NO4/c1-5-25-19(23)18-15-11-12-16(17(15)18)22(20(24)26-21(2,3)4)13-14-9-7-6-8-10-14/h6-10,15-18H,5,11-13H2,1-4H3/t15-,16+,17-,18+/m1/s1. The van der Waals surface area contributed by atoms with E-state index in [9.17, 15) is 9.59 Å². The Bertz CT molecular complexity index is 652. The van der Waals surface area contributed by atoms with E-state index in [-0.39, 0.29) is 29.9 Å². The molecular weight excluding hydrogens is 330 g/mol. The normalized spacial score (nSPS) is 26.8. The number of hydrogen-bond acceptors (Lipinski definition) is 4. The fraction of sp³-hybridized carbons (Fsp3) is 0.619. The van der Waals surface area contributed by atoms with Crippen LogP contribution in [0.1, 0.15) is 46.1 Å². The maximum atomic E-state index is 12.9. The Morgan fingerprint density at radius 3 is 2.46 bits per heavy atom. The molecule has 4 atom stereocenters. The van der Waals surface area contributed by atoms with E-state index in [1.54, 1.807) is 0 Å². The lowest BCUT2D eigenvalue weighted by atomic mass is 10.0. The molecule has 0 saturated heterocycles. The molecule has 0 radical (unpaired) electrons. The van der Waals surface area contributed by atoms with E-state index in [0.717, 1.165) is 18.4 Å². The molecule has 0 heterocycles. The summed E-state index contributed by atoms with van der Waals surface area (Å²) in [6.07, 6.45) is 1.58. The summed E-state index contributed by atoms with van der Waals surface area (Å²) in [6, 6.07) is 9.96. The molecule has 0 aliphatic heterocycles. The van der Waals surface area contributed by atoms with Crippen LogP contribution in [0.2, 0.25) is 0 Å². The van der Waals surface area contributed by atoms with Crippen molar-refractivity contribution in [1.29, 1.82) is 0 Å². The molecule has 2 aliphatic rings. The largest absolute Gasteiger partial charge is 0.466 e. The lowest BCUT2D eigenvalue weighted by molar-refractivity contribution is -0.145. The van der Waals surface area contributed by atoms with Crippen molar-refractivity contribution in [3.05, 3.63) is 35.9 Å². The molecule has 5 nitrogen and oxygen atoms in total. The minimum Gasteiger partial charge on any atom is -0.466 e. The van der Waals surface area contributed by atoms with Gasteiger partial charge in [0.25, 0.3) is 0 Å². The zero-order chi connectivity index (χ0) is 18.9. The lowest BCUT2D eigenvalue weighted by Crippen LogP contribution is -2.44. The predicted octanol–water partition coefficient (Wildman–Crippen LogP) is 4.01. The highest BCUT2D eigenvalue weighted by Gasteiger charge is 2.64. The summed E-state index contributed by atoms with van der Waals surface area (Å²) in [7, 11) is 0. The van der Waals surface area contributed by atoms with Gasteiger partial charge in [-0.25, -0.2) is 4.79 Å². The molecule has 26 heavy (non-hydrogen) atoms. The Kier molecular flexibility index (Phi) is 5.26. The fourth-order valence-corrected chi connectivity index (χ4v) is 4.20. The summed E-state index contributed by atoms with van der Waals surface area (Å²) in [5.74, 6) is 0.371. The first-order valence-corrected chi connectivity index (χ1v) is 9.52. The van der Waals surface area contributed by atoms with E-state index in [2.05, 4.69) is 0 Å². The van der Waals surface area contributed by atoms with Crippen molar-refractivity contribution in [1.82, 2.24) is 4.90 Å². The van der Waals surface area contributed by atoms with Gasteiger partial charge < -0.3 is 14.4 Å². The number of esters is 1. The first kappa shape index (κ1) is 18.7. The van der Waals surface area contributed by atoms with Crippen LogP contribution in [0, 0.1) is 17.8 Å². The second-order valence-corrected chi connectivity index (χ2v) is 8.26. The van der Waals surface area contributed by atoms with Crippen LogP contribution in [0.5, 0.6) is 0 Å². The Morgan fingerprint density at radius 1 is 1.15 bits per heavy atom. The summed E-state index contributed by atoms with van der Waals surface area (Å²) < 4.78 is 10.9. The molecule has 1 amide bonds. The number of amides is 1. The van der Waals surface area contributed by atoms with Gasteiger partial charge in [-0.15, -0.1) is 0 Å². The van der Waals surface area contributed by atoms with Crippen molar-refractivity contribution in [3.8, 4) is 0 Å². The number of rotatable bonds is 5. The summed E-state index contributed by atoms with van der Waals surface area (Å²) >= 11 is 0. The number of hydrogen-bond donors (Lipinski definition) is 0. The van der Waals surface area contributed by atoms with Crippen LogP contribution >= 0.6 is 0 Å². The van der Waals surface area contributed by atoms with Gasteiger partial charge in [-0.05, 0) is 57.9 Å². The van der Waals surface area contributed by atoms with Gasteiger partial charge in [-0.3, -0.25) is 4.79 Å². The van der Waals surface area contributed by atoms with E-state index < -0.39 is 5.60 Å². The third kappa shape index (κ3) is 4.02. The van der Waals surface area contributed by atoms with Crippen LogP contribution in [-0.2, 0) is 20.8 Å². The third-order valence-electron chi connectivity index (χ3n) is 5.25. The predicted molar refractivity (Wildman–Crippen MR) is 98.3 cm³/mol. The SMILES string of the molecule is CCOC(=O)[C@H]1[C@@H]2CC[C@H](N(Cc3ccccc3)C(=O)OC(C)(C)C)[C@@H]21. The number of carbonyl (C=O) groups excluding carboxylic acids is 2. The highest BCUT2D eigenvalue weighted by Crippen LogP contribution is 2.59. The second-order valence-electron chi connectivity index (χ2n) is 8.26. The number of nitrogens with zero attached hydrogens (tertiary/aromatic N) is 1. The van der Waals surface area contributed by atoms with Crippen molar-refractivity contribution in [2.75, 3.05) is 6.61 Å². The second kappa shape index (κ2) is 7.29. The van der Waals surface area contributed by atoms with E-state index in [1.165, 1.54) is 0 Å². The molecule has 0 N–H and O–H groups in total. The molecule has 0 unspecified atom stereocenters. The number of carbonyl (C=O) groups is 2. The number of benzene rings is 1. The van der Waals surface area contributed by atoms with Crippen molar-refractivity contribution < 1.29 is 19.1 Å². The maximum Gasteiger partial charge on any atom is 0.410 e. The minimum atomic E-state index is -0.547. The first-order chi connectivity index (χ1) is 12.3. The quantitative estimate of drug-likeness (QED) is 0.746. The van der Waals surface area contributed by atoms with Crippen molar-refractivity contribution in [2.45, 2.75) is 58.7 Å². The average Bonchev–Trinajstić information content (AvgIpc) is 3.14.